The Hall–Kier alpha value is -3.93. The first-order chi connectivity index (χ1) is 17.2. The topological polar surface area (TPSA) is 74.7 Å². The molecule has 0 N–H and O–H groups in total. The van der Waals surface area contributed by atoms with Crippen LogP contribution in [0.1, 0.15) is 54.1 Å². The van der Waals surface area contributed by atoms with Crippen molar-refractivity contribution in [1.82, 2.24) is 4.98 Å². The molecule has 182 valence electrons. The molecule has 0 aliphatic heterocycles. The fourth-order valence-electron chi connectivity index (χ4n) is 3.55. The molecule has 0 saturated carbocycles. The van der Waals surface area contributed by atoms with Crippen LogP contribution in [0, 0.1) is 0 Å². The minimum atomic E-state index is -0.139. The fraction of sp³-hybridized carbons (Fsp3) is 0.276. The predicted molar refractivity (Wildman–Crippen MR) is 136 cm³/mol. The number of benzene rings is 2. The number of ether oxygens (including phenoxy) is 3. The molecule has 0 spiro atoms. The average molecular weight is 474 g/mol. The second kappa shape index (κ2) is 14.4. The average Bonchev–Trinajstić information content (AvgIpc) is 2.90. The van der Waals surface area contributed by atoms with Gasteiger partial charge in [-0.1, -0.05) is 36.4 Å². The van der Waals surface area contributed by atoms with E-state index in [2.05, 4.69) is 11.1 Å². The second-order valence-corrected chi connectivity index (χ2v) is 7.82. The zero-order chi connectivity index (χ0) is 24.7. The standard InChI is InChI=1S/C29H31NO5/c1-2-33-29(32)12-5-3-4-11-28(25-9-7-17-30-21-25)24-13-15-26(16-14-24)34-18-19-35-27-10-6-8-23(20-27)22-31/h6-11,13-17,20-22H,2-5,12,18-19H2,1H3/b28-11+. The van der Waals surface area contributed by atoms with Gasteiger partial charge in [-0.25, -0.2) is 0 Å². The second-order valence-electron chi connectivity index (χ2n) is 7.82. The van der Waals surface area contributed by atoms with Gasteiger partial charge in [0.25, 0.3) is 0 Å². The van der Waals surface area contributed by atoms with Crippen LogP contribution in [-0.2, 0) is 9.53 Å². The third kappa shape index (κ3) is 8.74. The summed E-state index contributed by atoms with van der Waals surface area (Å²) in [6.07, 6.45) is 9.60. The van der Waals surface area contributed by atoms with Crippen LogP contribution in [0.2, 0.25) is 0 Å². The van der Waals surface area contributed by atoms with E-state index in [0.29, 0.717) is 37.6 Å². The van der Waals surface area contributed by atoms with E-state index in [1.807, 2.05) is 55.6 Å². The first-order valence-electron chi connectivity index (χ1n) is 11.9. The number of rotatable bonds is 14. The summed E-state index contributed by atoms with van der Waals surface area (Å²) in [4.78, 5) is 26.7. The molecule has 1 aromatic heterocycles. The molecule has 0 aliphatic carbocycles. The number of pyridine rings is 1. The summed E-state index contributed by atoms with van der Waals surface area (Å²) in [6.45, 7) is 3.00. The Morgan fingerprint density at radius 1 is 0.914 bits per heavy atom. The van der Waals surface area contributed by atoms with Crippen molar-refractivity contribution in [3.05, 3.63) is 95.8 Å². The van der Waals surface area contributed by atoms with Crippen molar-refractivity contribution in [2.24, 2.45) is 0 Å². The molecule has 0 amide bonds. The summed E-state index contributed by atoms with van der Waals surface area (Å²) in [5, 5.41) is 0. The SMILES string of the molecule is CCOC(=O)CCCC/C=C(\c1ccc(OCCOc2cccc(C=O)c2)cc1)c1cccnc1. The predicted octanol–water partition coefficient (Wildman–Crippen LogP) is 5.91. The van der Waals surface area contributed by atoms with Crippen molar-refractivity contribution in [1.29, 1.82) is 0 Å². The maximum absolute atomic E-state index is 11.5. The third-order valence-electron chi connectivity index (χ3n) is 5.24. The van der Waals surface area contributed by atoms with E-state index in [-0.39, 0.29) is 5.97 Å². The van der Waals surface area contributed by atoms with Gasteiger partial charge < -0.3 is 14.2 Å². The van der Waals surface area contributed by atoms with Crippen molar-refractivity contribution >= 4 is 17.8 Å². The fourth-order valence-corrected chi connectivity index (χ4v) is 3.55. The van der Waals surface area contributed by atoms with Crippen molar-refractivity contribution in [2.75, 3.05) is 19.8 Å². The monoisotopic (exact) mass is 473 g/mol. The molecular formula is C29H31NO5. The van der Waals surface area contributed by atoms with Crippen LogP contribution in [0.15, 0.2) is 79.1 Å². The molecule has 0 radical (unpaired) electrons. The first kappa shape index (κ1) is 25.7. The third-order valence-corrected chi connectivity index (χ3v) is 5.24. The van der Waals surface area contributed by atoms with Crippen molar-refractivity contribution in [2.45, 2.75) is 32.6 Å². The molecule has 0 saturated heterocycles. The Balaban J connectivity index is 1.55. The molecule has 35 heavy (non-hydrogen) atoms. The molecule has 1 heterocycles. The minimum Gasteiger partial charge on any atom is -0.490 e. The van der Waals surface area contributed by atoms with E-state index in [1.54, 1.807) is 24.4 Å². The lowest BCUT2D eigenvalue weighted by molar-refractivity contribution is -0.143. The zero-order valence-electron chi connectivity index (χ0n) is 20.0. The van der Waals surface area contributed by atoms with Gasteiger partial charge in [-0.2, -0.15) is 0 Å². The summed E-state index contributed by atoms with van der Waals surface area (Å²) >= 11 is 0. The number of carbonyl (C=O) groups excluding carboxylic acids is 2. The maximum atomic E-state index is 11.5. The molecule has 6 heteroatoms. The van der Waals surface area contributed by atoms with Crippen LogP contribution >= 0.6 is 0 Å². The minimum absolute atomic E-state index is 0.139. The lowest BCUT2D eigenvalue weighted by atomic mass is 9.97. The van der Waals surface area contributed by atoms with Crippen LogP contribution in [0.5, 0.6) is 11.5 Å². The van der Waals surface area contributed by atoms with Gasteiger partial charge in [0.05, 0.1) is 6.61 Å². The molecule has 2 aromatic carbocycles. The largest absolute Gasteiger partial charge is 0.490 e. The molecule has 3 aromatic rings. The number of hydrogen-bond donors (Lipinski definition) is 0. The van der Waals surface area contributed by atoms with E-state index in [4.69, 9.17) is 14.2 Å². The number of esters is 1. The number of unbranched alkanes of at least 4 members (excludes halogenated alkanes) is 2. The Morgan fingerprint density at radius 3 is 2.43 bits per heavy atom. The highest BCUT2D eigenvalue weighted by Gasteiger charge is 2.07. The lowest BCUT2D eigenvalue weighted by Crippen LogP contribution is -2.09. The van der Waals surface area contributed by atoms with Crippen LogP contribution in [-0.4, -0.2) is 37.1 Å². The summed E-state index contributed by atoms with van der Waals surface area (Å²) in [6, 6.07) is 18.9. The van der Waals surface area contributed by atoms with Gasteiger partial charge in [0, 0.05) is 29.9 Å². The summed E-state index contributed by atoms with van der Waals surface area (Å²) in [5.74, 6) is 1.25. The molecule has 0 aliphatic rings. The van der Waals surface area contributed by atoms with Gasteiger partial charge >= 0.3 is 5.97 Å². The number of hydrogen-bond acceptors (Lipinski definition) is 6. The van der Waals surface area contributed by atoms with E-state index in [0.717, 1.165) is 48.0 Å². The number of aromatic nitrogens is 1. The van der Waals surface area contributed by atoms with Crippen LogP contribution in [0.4, 0.5) is 0 Å². The normalized spacial score (nSPS) is 11.1. The van der Waals surface area contributed by atoms with E-state index >= 15 is 0 Å². The number of allylic oxidation sites excluding steroid dienone is 1. The Bertz CT molecular complexity index is 1090. The summed E-state index contributed by atoms with van der Waals surface area (Å²) in [7, 11) is 0. The van der Waals surface area contributed by atoms with Crippen molar-refractivity contribution < 1.29 is 23.8 Å². The first-order valence-corrected chi connectivity index (χ1v) is 11.9. The Kier molecular flexibility index (Phi) is 10.5. The lowest BCUT2D eigenvalue weighted by Gasteiger charge is -2.11. The molecule has 0 atom stereocenters. The van der Waals surface area contributed by atoms with E-state index in [1.165, 1.54) is 0 Å². The van der Waals surface area contributed by atoms with Gasteiger partial charge in [0.1, 0.15) is 31.0 Å². The van der Waals surface area contributed by atoms with Crippen molar-refractivity contribution in [3.63, 3.8) is 0 Å². The van der Waals surface area contributed by atoms with E-state index in [9.17, 15) is 9.59 Å². The van der Waals surface area contributed by atoms with Gasteiger partial charge in [-0.3, -0.25) is 14.6 Å². The molecule has 3 rings (SSSR count). The highest BCUT2D eigenvalue weighted by Crippen LogP contribution is 2.26. The highest BCUT2D eigenvalue weighted by molar-refractivity contribution is 5.79. The quantitative estimate of drug-likeness (QED) is 0.165. The molecule has 6 nitrogen and oxygen atoms in total. The van der Waals surface area contributed by atoms with Gasteiger partial charge in [0.2, 0.25) is 0 Å². The molecule has 0 bridgehead atoms. The summed E-state index contributed by atoms with van der Waals surface area (Å²) < 4.78 is 16.5. The highest BCUT2D eigenvalue weighted by atomic mass is 16.5. The molecule has 0 unspecified atom stereocenters. The van der Waals surface area contributed by atoms with Gasteiger partial charge in [0.15, 0.2) is 0 Å². The van der Waals surface area contributed by atoms with Crippen LogP contribution in [0.25, 0.3) is 5.57 Å². The Labute approximate surface area is 206 Å². The van der Waals surface area contributed by atoms with E-state index < -0.39 is 0 Å². The number of aldehydes is 1. The molecular weight excluding hydrogens is 442 g/mol. The number of carbonyl (C=O) groups is 2. The van der Waals surface area contributed by atoms with Crippen LogP contribution in [0.3, 0.4) is 0 Å². The van der Waals surface area contributed by atoms with Crippen molar-refractivity contribution in [3.8, 4) is 11.5 Å². The van der Waals surface area contributed by atoms with Gasteiger partial charge in [-0.05, 0) is 67.7 Å². The smallest absolute Gasteiger partial charge is 0.305 e. The number of nitrogens with zero attached hydrogens (tertiary/aromatic N) is 1. The maximum Gasteiger partial charge on any atom is 0.305 e. The van der Waals surface area contributed by atoms with Crippen LogP contribution < -0.4 is 9.47 Å². The zero-order valence-corrected chi connectivity index (χ0v) is 20.0. The molecule has 0 fully saturated rings. The summed E-state index contributed by atoms with van der Waals surface area (Å²) in [5.41, 5.74) is 3.78. The Morgan fingerprint density at radius 2 is 1.71 bits per heavy atom. The van der Waals surface area contributed by atoms with Gasteiger partial charge in [-0.15, -0.1) is 0 Å².